The molecule has 0 radical (unpaired) electrons. The molecule has 0 fully saturated rings. The lowest BCUT2D eigenvalue weighted by Gasteiger charge is -1.99. The summed E-state index contributed by atoms with van der Waals surface area (Å²) in [5.41, 5.74) is 7.83. The SMILES string of the molecule is CC.CCC.Cc1cc(C)cc(C(N)=O)c1. The van der Waals surface area contributed by atoms with Crippen LogP contribution in [0.5, 0.6) is 0 Å². The number of hydrogen-bond acceptors (Lipinski definition) is 1. The van der Waals surface area contributed by atoms with Crippen molar-refractivity contribution in [2.45, 2.75) is 48.0 Å². The van der Waals surface area contributed by atoms with E-state index in [0.717, 1.165) is 11.1 Å². The Hall–Kier alpha value is -1.31. The number of amides is 1. The van der Waals surface area contributed by atoms with Crippen molar-refractivity contribution in [3.63, 3.8) is 0 Å². The minimum Gasteiger partial charge on any atom is -0.366 e. The molecule has 0 aromatic heterocycles. The molecule has 0 spiro atoms. The lowest BCUT2D eigenvalue weighted by Crippen LogP contribution is -2.11. The van der Waals surface area contributed by atoms with Crippen LogP contribution in [0.2, 0.25) is 0 Å². The van der Waals surface area contributed by atoms with Crippen molar-refractivity contribution in [1.29, 1.82) is 0 Å². The Balaban J connectivity index is 0. The maximum atomic E-state index is 10.7. The van der Waals surface area contributed by atoms with Gasteiger partial charge in [0.2, 0.25) is 5.91 Å². The molecule has 16 heavy (non-hydrogen) atoms. The predicted molar refractivity (Wildman–Crippen MR) is 71.7 cm³/mol. The summed E-state index contributed by atoms with van der Waals surface area (Å²) in [5.74, 6) is -0.364. The van der Waals surface area contributed by atoms with Gasteiger partial charge in [0.15, 0.2) is 0 Å². The molecule has 0 atom stereocenters. The van der Waals surface area contributed by atoms with E-state index in [1.165, 1.54) is 6.42 Å². The van der Waals surface area contributed by atoms with Gasteiger partial charge in [-0.2, -0.15) is 0 Å². The quantitative estimate of drug-likeness (QED) is 0.772. The van der Waals surface area contributed by atoms with Crippen LogP contribution >= 0.6 is 0 Å². The van der Waals surface area contributed by atoms with Crippen LogP contribution in [0.3, 0.4) is 0 Å². The van der Waals surface area contributed by atoms with Gasteiger partial charge in [0.05, 0.1) is 0 Å². The second-order valence-electron chi connectivity index (χ2n) is 3.45. The van der Waals surface area contributed by atoms with Gasteiger partial charge in [-0.3, -0.25) is 4.79 Å². The normalized spacial score (nSPS) is 8.12. The summed E-state index contributed by atoms with van der Waals surface area (Å²) in [4.78, 5) is 10.7. The van der Waals surface area contributed by atoms with E-state index < -0.39 is 0 Å². The Bertz CT molecular complexity index is 285. The van der Waals surface area contributed by atoms with E-state index in [4.69, 9.17) is 5.73 Å². The average Bonchev–Trinajstić information content (AvgIpc) is 2.20. The van der Waals surface area contributed by atoms with Gasteiger partial charge >= 0.3 is 0 Å². The second-order valence-corrected chi connectivity index (χ2v) is 3.45. The number of benzene rings is 1. The van der Waals surface area contributed by atoms with Crippen LogP contribution < -0.4 is 5.73 Å². The molecule has 92 valence electrons. The fraction of sp³-hybridized carbons (Fsp3) is 0.500. The zero-order valence-electron chi connectivity index (χ0n) is 11.4. The molecule has 1 aromatic carbocycles. The Labute approximate surface area is 99.9 Å². The van der Waals surface area contributed by atoms with Crippen molar-refractivity contribution in [1.82, 2.24) is 0 Å². The highest BCUT2D eigenvalue weighted by atomic mass is 16.1. The van der Waals surface area contributed by atoms with Crippen LogP contribution in [0.4, 0.5) is 0 Å². The van der Waals surface area contributed by atoms with E-state index in [2.05, 4.69) is 13.8 Å². The molecule has 0 aliphatic heterocycles. The molecule has 0 unspecified atom stereocenters. The van der Waals surface area contributed by atoms with E-state index in [1.807, 2.05) is 33.8 Å². The molecule has 0 aliphatic rings. The minimum absolute atomic E-state index is 0.364. The molecule has 2 nitrogen and oxygen atoms in total. The number of rotatable bonds is 1. The van der Waals surface area contributed by atoms with Gasteiger partial charge in [-0.25, -0.2) is 0 Å². The smallest absolute Gasteiger partial charge is 0.248 e. The lowest BCUT2D eigenvalue weighted by atomic mass is 10.1. The largest absolute Gasteiger partial charge is 0.366 e. The third-order valence-corrected chi connectivity index (χ3v) is 1.51. The van der Waals surface area contributed by atoms with Crippen LogP contribution in [0.1, 0.15) is 55.6 Å². The first-order chi connectivity index (χ1) is 7.51. The highest BCUT2D eigenvalue weighted by Gasteiger charge is 1.99. The minimum atomic E-state index is -0.364. The van der Waals surface area contributed by atoms with E-state index >= 15 is 0 Å². The van der Waals surface area contributed by atoms with Crippen molar-refractivity contribution in [2.75, 3.05) is 0 Å². The molecule has 1 rings (SSSR count). The summed E-state index contributed by atoms with van der Waals surface area (Å²) >= 11 is 0. The van der Waals surface area contributed by atoms with Gasteiger partial charge in [-0.15, -0.1) is 0 Å². The topological polar surface area (TPSA) is 43.1 Å². The third-order valence-electron chi connectivity index (χ3n) is 1.51. The fourth-order valence-corrected chi connectivity index (χ4v) is 1.12. The Kier molecular flexibility index (Phi) is 10.9. The Morgan fingerprint density at radius 1 is 1.06 bits per heavy atom. The molecule has 0 bridgehead atoms. The average molecular weight is 223 g/mol. The van der Waals surface area contributed by atoms with Crippen LogP contribution in [0.25, 0.3) is 0 Å². The number of aryl methyl sites for hydroxylation is 2. The summed E-state index contributed by atoms with van der Waals surface area (Å²) in [6, 6.07) is 5.58. The van der Waals surface area contributed by atoms with Gasteiger partial charge in [0.1, 0.15) is 0 Å². The van der Waals surface area contributed by atoms with E-state index in [9.17, 15) is 4.79 Å². The zero-order chi connectivity index (χ0) is 13.1. The molecule has 2 heteroatoms. The van der Waals surface area contributed by atoms with Gasteiger partial charge in [0, 0.05) is 5.56 Å². The summed E-state index contributed by atoms with van der Waals surface area (Å²) in [6.07, 6.45) is 1.25. The molecule has 0 aliphatic carbocycles. The highest BCUT2D eigenvalue weighted by molar-refractivity contribution is 5.93. The molecule has 2 N–H and O–H groups in total. The Morgan fingerprint density at radius 2 is 1.38 bits per heavy atom. The molecular weight excluding hydrogens is 198 g/mol. The van der Waals surface area contributed by atoms with Crippen LogP contribution in [-0.4, -0.2) is 5.91 Å². The Morgan fingerprint density at radius 3 is 1.62 bits per heavy atom. The lowest BCUT2D eigenvalue weighted by molar-refractivity contribution is 0.1000. The van der Waals surface area contributed by atoms with Gasteiger partial charge in [-0.1, -0.05) is 51.3 Å². The van der Waals surface area contributed by atoms with Crippen LogP contribution in [-0.2, 0) is 0 Å². The zero-order valence-corrected chi connectivity index (χ0v) is 11.4. The van der Waals surface area contributed by atoms with Crippen LogP contribution in [0, 0.1) is 13.8 Å². The third kappa shape index (κ3) is 8.04. The highest BCUT2D eigenvalue weighted by Crippen LogP contribution is 2.07. The molecule has 0 heterocycles. The number of carbonyl (C=O) groups excluding carboxylic acids is 1. The monoisotopic (exact) mass is 223 g/mol. The number of hydrogen-bond donors (Lipinski definition) is 1. The molecule has 0 saturated heterocycles. The molecular formula is C14H25NO. The van der Waals surface area contributed by atoms with E-state index in [0.29, 0.717) is 5.56 Å². The van der Waals surface area contributed by atoms with E-state index in [1.54, 1.807) is 12.1 Å². The van der Waals surface area contributed by atoms with Crippen molar-refractivity contribution in [3.05, 3.63) is 34.9 Å². The molecule has 1 amide bonds. The first-order valence-corrected chi connectivity index (χ1v) is 5.89. The standard InChI is InChI=1S/C9H11NO.C3H8.C2H6/c1-6-3-7(2)5-8(4-6)9(10)11;1-3-2;1-2/h3-5H,1-2H3,(H2,10,11);3H2,1-2H3;1-2H3. The van der Waals surface area contributed by atoms with Crippen molar-refractivity contribution < 1.29 is 4.79 Å². The van der Waals surface area contributed by atoms with Gasteiger partial charge < -0.3 is 5.73 Å². The van der Waals surface area contributed by atoms with Crippen molar-refractivity contribution in [2.24, 2.45) is 5.73 Å². The number of primary amides is 1. The predicted octanol–water partition coefficient (Wildman–Crippen LogP) is 3.84. The fourth-order valence-electron chi connectivity index (χ4n) is 1.12. The summed E-state index contributed by atoms with van der Waals surface area (Å²) in [5, 5.41) is 0. The first kappa shape index (κ1) is 17.1. The first-order valence-electron chi connectivity index (χ1n) is 5.89. The van der Waals surface area contributed by atoms with Gasteiger partial charge in [-0.05, 0) is 26.0 Å². The second kappa shape index (κ2) is 10.2. The summed E-state index contributed by atoms with van der Waals surface area (Å²) in [6.45, 7) is 12.1. The number of nitrogens with two attached hydrogens (primary N) is 1. The molecule has 1 aromatic rings. The molecule has 0 saturated carbocycles. The van der Waals surface area contributed by atoms with Gasteiger partial charge in [0.25, 0.3) is 0 Å². The maximum absolute atomic E-state index is 10.7. The number of carbonyl (C=O) groups is 1. The summed E-state index contributed by atoms with van der Waals surface area (Å²) in [7, 11) is 0. The maximum Gasteiger partial charge on any atom is 0.248 e. The summed E-state index contributed by atoms with van der Waals surface area (Å²) < 4.78 is 0. The van der Waals surface area contributed by atoms with Crippen molar-refractivity contribution in [3.8, 4) is 0 Å². The van der Waals surface area contributed by atoms with E-state index in [-0.39, 0.29) is 5.91 Å². The van der Waals surface area contributed by atoms with Crippen molar-refractivity contribution >= 4 is 5.91 Å². The van der Waals surface area contributed by atoms with Crippen LogP contribution in [0.15, 0.2) is 18.2 Å².